The predicted molar refractivity (Wildman–Crippen MR) is 89.4 cm³/mol. The molecule has 0 aliphatic carbocycles. The van der Waals surface area contributed by atoms with Gasteiger partial charge in [0.2, 0.25) is 0 Å². The molecule has 1 N–H and O–H groups in total. The zero-order valence-corrected chi connectivity index (χ0v) is 13.9. The number of halogens is 1. The van der Waals surface area contributed by atoms with E-state index in [1.54, 1.807) is 0 Å². The number of rotatable bonds is 9. The molecule has 1 atom stereocenters. The molecule has 0 radical (unpaired) electrons. The first-order valence-electron chi connectivity index (χ1n) is 7.06. The van der Waals surface area contributed by atoms with Crippen LogP contribution in [0.4, 0.5) is 0 Å². The smallest absolute Gasteiger partial charge is 0.0406 e. The Bertz CT molecular complexity index is 337. The Balaban J connectivity index is 2.45. The molecule has 0 saturated carbocycles. The quantitative estimate of drug-likeness (QED) is 0.720. The van der Waals surface area contributed by atoms with Gasteiger partial charge >= 0.3 is 0 Å². The Hall–Kier alpha value is -0.180. The van der Waals surface area contributed by atoms with E-state index in [1.807, 2.05) is 23.9 Å². The maximum absolute atomic E-state index is 5.93. The van der Waals surface area contributed by atoms with Gasteiger partial charge in [0, 0.05) is 5.02 Å². The largest absolute Gasteiger partial charge is 0.316 e. The molecule has 1 unspecified atom stereocenters. The average Bonchev–Trinajstić information content (AvgIpc) is 2.38. The fourth-order valence-corrected chi connectivity index (χ4v) is 2.79. The number of thioether (sulfide) groups is 1. The SMILES string of the molecule is CSCCC(CNCC(C)C)Cc1ccc(Cl)cc1. The third-order valence-electron chi connectivity index (χ3n) is 3.15. The summed E-state index contributed by atoms with van der Waals surface area (Å²) < 4.78 is 0. The topological polar surface area (TPSA) is 12.0 Å². The minimum atomic E-state index is 0.715. The zero-order valence-electron chi connectivity index (χ0n) is 12.3. The normalized spacial score (nSPS) is 12.9. The number of nitrogens with one attached hydrogen (secondary N) is 1. The summed E-state index contributed by atoms with van der Waals surface area (Å²) in [7, 11) is 0. The summed E-state index contributed by atoms with van der Waals surface area (Å²) in [6, 6.07) is 8.28. The second-order valence-electron chi connectivity index (χ2n) is 5.53. The Morgan fingerprint density at radius 1 is 1.16 bits per heavy atom. The Morgan fingerprint density at radius 3 is 2.42 bits per heavy atom. The molecule has 0 aromatic heterocycles. The summed E-state index contributed by atoms with van der Waals surface area (Å²) in [6.45, 7) is 6.73. The van der Waals surface area contributed by atoms with E-state index in [9.17, 15) is 0 Å². The molecule has 19 heavy (non-hydrogen) atoms. The highest BCUT2D eigenvalue weighted by Crippen LogP contribution is 2.16. The Labute approximate surface area is 127 Å². The van der Waals surface area contributed by atoms with Crippen molar-refractivity contribution in [3.05, 3.63) is 34.9 Å². The van der Waals surface area contributed by atoms with Crippen LogP contribution in [-0.4, -0.2) is 25.1 Å². The van der Waals surface area contributed by atoms with Gasteiger partial charge in [-0.25, -0.2) is 0 Å². The van der Waals surface area contributed by atoms with E-state index in [-0.39, 0.29) is 0 Å². The molecule has 3 heteroatoms. The minimum absolute atomic E-state index is 0.715. The van der Waals surface area contributed by atoms with Gasteiger partial charge in [0.05, 0.1) is 0 Å². The van der Waals surface area contributed by atoms with Crippen LogP contribution in [0, 0.1) is 11.8 Å². The first kappa shape index (κ1) is 16.9. The van der Waals surface area contributed by atoms with Crippen LogP contribution in [-0.2, 0) is 6.42 Å². The predicted octanol–water partition coefficient (Wildman–Crippen LogP) is 4.50. The first-order chi connectivity index (χ1) is 9.11. The highest BCUT2D eigenvalue weighted by Gasteiger charge is 2.09. The molecule has 1 nitrogen and oxygen atoms in total. The lowest BCUT2D eigenvalue weighted by Crippen LogP contribution is -2.28. The molecule has 0 heterocycles. The van der Waals surface area contributed by atoms with Crippen LogP contribution in [0.1, 0.15) is 25.8 Å². The van der Waals surface area contributed by atoms with Crippen LogP contribution in [0.5, 0.6) is 0 Å². The lowest BCUT2D eigenvalue weighted by molar-refractivity contribution is 0.440. The molecule has 0 amide bonds. The average molecular weight is 300 g/mol. The summed E-state index contributed by atoms with van der Waals surface area (Å²) in [5, 5.41) is 4.41. The lowest BCUT2D eigenvalue weighted by atomic mass is 9.96. The van der Waals surface area contributed by atoms with Crippen molar-refractivity contribution in [2.45, 2.75) is 26.7 Å². The van der Waals surface area contributed by atoms with Crippen molar-refractivity contribution in [3.63, 3.8) is 0 Å². The highest BCUT2D eigenvalue weighted by molar-refractivity contribution is 7.98. The van der Waals surface area contributed by atoms with Gasteiger partial charge in [-0.2, -0.15) is 11.8 Å². The second kappa shape index (κ2) is 9.68. The third-order valence-corrected chi connectivity index (χ3v) is 4.05. The van der Waals surface area contributed by atoms with Crippen LogP contribution >= 0.6 is 23.4 Å². The van der Waals surface area contributed by atoms with E-state index in [4.69, 9.17) is 11.6 Å². The molecule has 108 valence electrons. The molecular formula is C16H26ClNS. The molecule has 0 bridgehead atoms. The van der Waals surface area contributed by atoms with Crippen LogP contribution in [0.2, 0.25) is 5.02 Å². The van der Waals surface area contributed by atoms with Gasteiger partial charge in [-0.15, -0.1) is 0 Å². The van der Waals surface area contributed by atoms with E-state index in [2.05, 4.69) is 37.6 Å². The van der Waals surface area contributed by atoms with Gasteiger partial charge in [-0.3, -0.25) is 0 Å². The van der Waals surface area contributed by atoms with E-state index in [0.717, 1.165) is 30.5 Å². The van der Waals surface area contributed by atoms with Crippen molar-refractivity contribution in [2.75, 3.05) is 25.1 Å². The molecule has 1 aromatic rings. The molecule has 1 rings (SSSR count). The van der Waals surface area contributed by atoms with Crippen molar-refractivity contribution in [2.24, 2.45) is 11.8 Å². The van der Waals surface area contributed by atoms with Gasteiger partial charge in [0.1, 0.15) is 0 Å². The minimum Gasteiger partial charge on any atom is -0.316 e. The van der Waals surface area contributed by atoms with Gasteiger partial charge in [0.15, 0.2) is 0 Å². The maximum Gasteiger partial charge on any atom is 0.0406 e. The summed E-state index contributed by atoms with van der Waals surface area (Å²) in [4.78, 5) is 0. The van der Waals surface area contributed by atoms with Crippen LogP contribution < -0.4 is 5.32 Å². The maximum atomic E-state index is 5.93. The van der Waals surface area contributed by atoms with Crippen molar-refractivity contribution in [1.82, 2.24) is 5.32 Å². The molecule has 1 aromatic carbocycles. The van der Waals surface area contributed by atoms with E-state index in [1.165, 1.54) is 17.7 Å². The number of benzene rings is 1. The number of hydrogen-bond donors (Lipinski definition) is 1. The molecule has 0 spiro atoms. The van der Waals surface area contributed by atoms with Gasteiger partial charge in [-0.05, 0) is 67.5 Å². The summed E-state index contributed by atoms with van der Waals surface area (Å²) in [6.07, 6.45) is 4.60. The second-order valence-corrected chi connectivity index (χ2v) is 6.95. The summed E-state index contributed by atoms with van der Waals surface area (Å²) in [5.74, 6) is 2.67. The first-order valence-corrected chi connectivity index (χ1v) is 8.83. The van der Waals surface area contributed by atoms with Gasteiger partial charge < -0.3 is 5.32 Å². The summed E-state index contributed by atoms with van der Waals surface area (Å²) >= 11 is 7.87. The molecular weight excluding hydrogens is 274 g/mol. The van der Waals surface area contributed by atoms with Crippen LogP contribution in [0.25, 0.3) is 0 Å². The number of hydrogen-bond acceptors (Lipinski definition) is 2. The van der Waals surface area contributed by atoms with E-state index >= 15 is 0 Å². The molecule has 0 aliphatic heterocycles. The van der Waals surface area contributed by atoms with Crippen molar-refractivity contribution in [1.29, 1.82) is 0 Å². The van der Waals surface area contributed by atoms with Crippen LogP contribution in [0.15, 0.2) is 24.3 Å². The Morgan fingerprint density at radius 2 is 1.84 bits per heavy atom. The van der Waals surface area contributed by atoms with Gasteiger partial charge in [-0.1, -0.05) is 37.6 Å². The summed E-state index contributed by atoms with van der Waals surface area (Å²) in [5.41, 5.74) is 1.39. The van der Waals surface area contributed by atoms with Crippen LogP contribution in [0.3, 0.4) is 0 Å². The Kier molecular flexibility index (Phi) is 8.60. The molecule has 0 aliphatic rings. The highest BCUT2D eigenvalue weighted by atomic mass is 35.5. The van der Waals surface area contributed by atoms with Crippen molar-refractivity contribution < 1.29 is 0 Å². The van der Waals surface area contributed by atoms with Crippen molar-refractivity contribution >= 4 is 23.4 Å². The monoisotopic (exact) mass is 299 g/mol. The molecule has 0 saturated heterocycles. The zero-order chi connectivity index (χ0) is 14.1. The third kappa shape index (κ3) is 7.86. The van der Waals surface area contributed by atoms with Crippen molar-refractivity contribution in [3.8, 4) is 0 Å². The van der Waals surface area contributed by atoms with Gasteiger partial charge in [0.25, 0.3) is 0 Å². The molecule has 0 fully saturated rings. The fraction of sp³-hybridized carbons (Fsp3) is 0.625. The van der Waals surface area contributed by atoms with E-state index in [0.29, 0.717) is 5.92 Å². The standard InChI is InChI=1S/C16H26ClNS/c1-13(2)11-18-12-15(8-9-19-3)10-14-4-6-16(17)7-5-14/h4-7,13,15,18H,8-12H2,1-3H3. The fourth-order valence-electron chi connectivity index (χ4n) is 2.09. The van der Waals surface area contributed by atoms with E-state index < -0.39 is 0 Å². The lowest BCUT2D eigenvalue weighted by Gasteiger charge is -2.18.